The third-order valence-corrected chi connectivity index (χ3v) is 27.0. The molecule has 4 aliphatic rings. The first kappa shape index (κ1) is 59.1. The van der Waals surface area contributed by atoms with E-state index in [2.05, 4.69) is 92.7 Å². The minimum Gasteiger partial charge on any atom is -0.462 e. The highest BCUT2D eigenvalue weighted by Gasteiger charge is 2.54. The van der Waals surface area contributed by atoms with Crippen molar-refractivity contribution >= 4 is 34.6 Å². The lowest BCUT2D eigenvalue weighted by Gasteiger charge is -2.41. The van der Waals surface area contributed by atoms with Gasteiger partial charge in [-0.25, -0.2) is 0 Å². The van der Waals surface area contributed by atoms with Gasteiger partial charge in [-0.05, 0) is 112 Å². The van der Waals surface area contributed by atoms with Crippen molar-refractivity contribution in [3.8, 4) is 0 Å². The quantitative estimate of drug-likeness (QED) is 0.0310. The zero-order chi connectivity index (χ0) is 50.1. The summed E-state index contributed by atoms with van der Waals surface area (Å²) >= 11 is 1.68. The van der Waals surface area contributed by atoms with Crippen molar-refractivity contribution in [1.82, 2.24) is 0 Å². The highest BCUT2D eigenvalue weighted by molar-refractivity contribution is 8.01. The number of methoxy groups -OCH3 is 1. The molecule has 0 saturated carbocycles. The average Bonchev–Trinajstić information content (AvgIpc) is 4.00. The van der Waals surface area contributed by atoms with Gasteiger partial charge in [-0.15, -0.1) is 11.8 Å². The van der Waals surface area contributed by atoms with Crippen LogP contribution in [0.15, 0.2) is 35.2 Å². The number of benzene rings is 1. The summed E-state index contributed by atoms with van der Waals surface area (Å²) in [6.07, 6.45) is 27.6. The number of unbranched alkanes of at least 4 members (excludes halogenated alkanes) is 11. The Morgan fingerprint density at radius 1 is 0.754 bits per heavy atom. The van der Waals surface area contributed by atoms with E-state index in [0.717, 1.165) is 69.1 Å². The fourth-order valence-corrected chi connectivity index (χ4v) is 18.3. The van der Waals surface area contributed by atoms with Gasteiger partial charge in [0.2, 0.25) is 0 Å². The molecule has 9 nitrogen and oxygen atoms in total. The Bertz CT molecular complexity index is 1590. The third-order valence-electron chi connectivity index (χ3n) is 16.5. The number of carbonyl (C=O) groups is 1. The molecule has 12 heteroatoms. The van der Waals surface area contributed by atoms with Crippen LogP contribution >= 0.6 is 11.8 Å². The predicted molar refractivity (Wildman–Crippen MR) is 289 cm³/mol. The van der Waals surface area contributed by atoms with E-state index in [4.69, 9.17) is 37.0 Å². The van der Waals surface area contributed by atoms with E-state index >= 15 is 0 Å². The molecular weight excluding hydrogens is 917 g/mol. The molecular formula is C57H102O9SSi2. The molecule has 10 atom stereocenters. The van der Waals surface area contributed by atoms with Gasteiger partial charge in [0.15, 0.2) is 8.32 Å². The number of hydrogen-bond donors (Lipinski definition) is 0. The minimum absolute atomic E-state index is 0.0221. The summed E-state index contributed by atoms with van der Waals surface area (Å²) in [7, 11) is -3.00. The summed E-state index contributed by atoms with van der Waals surface area (Å²) in [6, 6.07) is 10.4. The molecule has 4 heterocycles. The van der Waals surface area contributed by atoms with Crippen molar-refractivity contribution in [3.05, 3.63) is 30.3 Å². The highest BCUT2D eigenvalue weighted by atomic mass is 32.2. The minimum atomic E-state index is -2.64. The van der Waals surface area contributed by atoms with Gasteiger partial charge in [-0.3, -0.25) is 4.79 Å². The Morgan fingerprint density at radius 3 is 1.90 bits per heavy atom. The molecule has 0 amide bonds. The summed E-state index contributed by atoms with van der Waals surface area (Å²) in [5.41, 5.74) is 0.640. The van der Waals surface area contributed by atoms with Crippen molar-refractivity contribution in [2.24, 2.45) is 0 Å². The Balaban J connectivity index is 1.09. The molecule has 398 valence electrons. The maximum Gasteiger partial charge on any atom is 0.344 e. The first-order chi connectivity index (χ1) is 32.9. The van der Waals surface area contributed by atoms with Gasteiger partial charge < -0.3 is 37.0 Å². The van der Waals surface area contributed by atoms with E-state index < -0.39 is 21.6 Å². The molecule has 1 unspecified atom stereocenters. The van der Waals surface area contributed by atoms with E-state index in [1.54, 1.807) is 18.9 Å². The lowest BCUT2D eigenvalue weighted by atomic mass is 9.94. The standard InChI is InChI=1S/C57H102O9SSi2/c1-13-14-15-16-17-18-22-28-33-49(60-42-59-10)50-36-37-52(63-50)54-39-38-53(65-69(66-54,43(2)3)44(4)5)51-35-34-46(62-51)29-24-20-19-21-25-30-47(64-68(11,12)56(7,8)9)41-57(40-45(6)61-55(57)58)67-48-31-26-23-27-32-48/h23,26-27,31-32,43-47,49-54H,13-22,24-25,28-30,33-42H2,1-12H3/t45-,46-,47+,49-,50+,51-,52-,53-,54-,57?/m0/s1. The van der Waals surface area contributed by atoms with Crippen molar-refractivity contribution in [3.63, 3.8) is 0 Å². The summed E-state index contributed by atoms with van der Waals surface area (Å²) in [5, 5.41) is 0.0907. The molecule has 0 spiro atoms. The van der Waals surface area contributed by atoms with Crippen molar-refractivity contribution in [1.29, 1.82) is 0 Å². The highest BCUT2D eigenvalue weighted by Crippen LogP contribution is 2.49. The second-order valence-electron chi connectivity index (χ2n) is 23.8. The first-order valence-corrected chi connectivity index (χ1v) is 34.0. The lowest BCUT2D eigenvalue weighted by molar-refractivity contribution is -0.143. The first-order valence-electron chi connectivity index (χ1n) is 28.3. The van der Waals surface area contributed by atoms with Crippen LogP contribution in [0.2, 0.25) is 29.2 Å². The van der Waals surface area contributed by atoms with Crippen LogP contribution in [0.5, 0.6) is 0 Å². The van der Waals surface area contributed by atoms with E-state index in [-0.39, 0.29) is 59.8 Å². The lowest BCUT2D eigenvalue weighted by Crippen LogP contribution is -2.53. The maximum atomic E-state index is 13.6. The SMILES string of the molecule is CCCCCCCCCC[C@H](OCOC)[C@H]1CC[C@@H]([C@@H]2CC[C@@H]([C@@H]3CC[C@H](CCCCCCC[C@H](CC4(Sc5ccccc5)C[C@H](C)OC4=O)O[Si](C)(C)C(C)(C)C)O3)O[Si](C(C)C)(C(C)C)O2)O1. The molecule has 0 radical (unpaired) electrons. The maximum absolute atomic E-state index is 13.6. The van der Waals surface area contributed by atoms with Gasteiger partial charge in [-0.1, -0.05) is 157 Å². The number of ether oxygens (including phenoxy) is 5. The zero-order valence-corrected chi connectivity index (χ0v) is 48.8. The van der Waals surface area contributed by atoms with Crippen LogP contribution in [0.25, 0.3) is 0 Å². The smallest absolute Gasteiger partial charge is 0.344 e. The summed E-state index contributed by atoms with van der Waals surface area (Å²) < 4.78 is 52.7. The van der Waals surface area contributed by atoms with Gasteiger partial charge in [0.05, 0.1) is 42.7 Å². The molecule has 0 bridgehead atoms. The van der Waals surface area contributed by atoms with E-state index in [1.807, 2.05) is 13.0 Å². The Hall–Kier alpha value is -0.806. The molecule has 1 aromatic carbocycles. The molecule has 0 aromatic heterocycles. The van der Waals surface area contributed by atoms with Crippen LogP contribution in [0, 0.1) is 0 Å². The van der Waals surface area contributed by atoms with Gasteiger partial charge >= 0.3 is 14.5 Å². The normalized spacial score (nSPS) is 28.7. The second-order valence-corrected chi connectivity index (χ2v) is 34.3. The van der Waals surface area contributed by atoms with Gasteiger partial charge in [0, 0.05) is 24.5 Å². The summed E-state index contributed by atoms with van der Waals surface area (Å²) in [4.78, 5) is 14.7. The van der Waals surface area contributed by atoms with E-state index in [0.29, 0.717) is 36.8 Å². The van der Waals surface area contributed by atoms with Crippen molar-refractivity contribution < 1.29 is 41.8 Å². The van der Waals surface area contributed by atoms with Crippen LogP contribution in [0.3, 0.4) is 0 Å². The molecule has 4 saturated heterocycles. The number of esters is 1. The number of cyclic esters (lactones) is 1. The molecule has 4 fully saturated rings. The molecule has 1 aromatic rings. The Morgan fingerprint density at radius 2 is 1.32 bits per heavy atom. The van der Waals surface area contributed by atoms with Crippen LogP contribution < -0.4 is 0 Å². The van der Waals surface area contributed by atoms with Crippen molar-refractivity contribution in [2.45, 2.75) is 310 Å². The topological polar surface area (TPSA) is 90.9 Å². The molecule has 0 aliphatic carbocycles. The average molecular weight is 1020 g/mol. The van der Waals surface area contributed by atoms with E-state index in [1.165, 1.54) is 77.0 Å². The third kappa shape index (κ3) is 17.7. The molecule has 5 rings (SSSR count). The van der Waals surface area contributed by atoms with E-state index in [9.17, 15) is 4.79 Å². The van der Waals surface area contributed by atoms with Crippen LogP contribution in [-0.2, 0) is 41.8 Å². The van der Waals surface area contributed by atoms with Gasteiger partial charge in [0.1, 0.15) is 17.6 Å². The number of thioether (sulfide) groups is 1. The second kappa shape index (κ2) is 28.8. The number of carbonyl (C=O) groups excluding carboxylic acids is 1. The molecule has 69 heavy (non-hydrogen) atoms. The fraction of sp³-hybridized carbons (Fsp3) is 0.877. The van der Waals surface area contributed by atoms with Crippen LogP contribution in [0.1, 0.15) is 216 Å². The van der Waals surface area contributed by atoms with Crippen molar-refractivity contribution in [2.75, 3.05) is 13.9 Å². The summed E-state index contributed by atoms with van der Waals surface area (Å²) in [5.74, 6) is -0.0805. The van der Waals surface area contributed by atoms with Crippen LogP contribution in [0.4, 0.5) is 0 Å². The summed E-state index contributed by atoms with van der Waals surface area (Å²) in [6.45, 7) is 25.5. The molecule has 4 aliphatic heterocycles. The number of rotatable bonds is 31. The number of hydrogen-bond acceptors (Lipinski definition) is 10. The zero-order valence-electron chi connectivity index (χ0n) is 46.0. The van der Waals surface area contributed by atoms with Gasteiger partial charge in [-0.2, -0.15) is 0 Å². The monoisotopic (exact) mass is 1020 g/mol. The molecule has 0 N–H and O–H groups in total. The largest absolute Gasteiger partial charge is 0.462 e. The van der Waals surface area contributed by atoms with Crippen LogP contribution in [-0.4, -0.2) is 96.4 Å². The Kier molecular flexibility index (Phi) is 24.6. The Labute approximate surface area is 428 Å². The fourth-order valence-electron chi connectivity index (χ4n) is 11.5. The predicted octanol–water partition coefficient (Wildman–Crippen LogP) is 15.8. The van der Waals surface area contributed by atoms with Gasteiger partial charge in [0.25, 0.3) is 0 Å².